The van der Waals surface area contributed by atoms with Gasteiger partial charge in [0.05, 0.1) is 6.54 Å². The van der Waals surface area contributed by atoms with Crippen LogP contribution in [0.25, 0.3) is 0 Å². The Labute approximate surface area is 143 Å². The molecule has 0 atom stereocenters. The normalized spacial score (nSPS) is 11.0. The fourth-order valence-corrected chi connectivity index (χ4v) is 2.51. The molecule has 0 unspecified atom stereocenters. The van der Waals surface area contributed by atoms with Crippen molar-refractivity contribution in [1.82, 2.24) is 4.90 Å². The minimum absolute atomic E-state index is 0.209. The van der Waals surface area contributed by atoms with Gasteiger partial charge in [-0.25, -0.2) is 0 Å². The Bertz CT molecular complexity index is 672. The fourth-order valence-electron chi connectivity index (χ4n) is 2.51. The molecular weight excluding hydrogens is 298 g/mol. The Hall–Kier alpha value is -2.41. The van der Waals surface area contributed by atoms with Gasteiger partial charge in [-0.15, -0.1) is 5.92 Å². The van der Waals surface area contributed by atoms with E-state index in [4.69, 9.17) is 0 Å². The van der Waals surface area contributed by atoms with E-state index in [1.807, 2.05) is 55.4 Å². The molecule has 0 saturated carbocycles. The van der Waals surface area contributed by atoms with Gasteiger partial charge in [0.1, 0.15) is 0 Å². The number of hydrogen-bond donors (Lipinski definition) is 1. The Kier molecular flexibility index (Phi) is 6.31. The predicted octanol–water partition coefficient (Wildman–Crippen LogP) is 2.84. The quantitative estimate of drug-likeness (QED) is 0.832. The van der Waals surface area contributed by atoms with E-state index in [0.717, 1.165) is 0 Å². The van der Waals surface area contributed by atoms with E-state index in [1.54, 1.807) is 24.3 Å². The first-order chi connectivity index (χ1) is 11.5. The Morgan fingerprint density at radius 3 is 1.92 bits per heavy atom. The van der Waals surface area contributed by atoms with E-state index in [0.29, 0.717) is 24.1 Å². The predicted molar refractivity (Wildman–Crippen MR) is 96.5 cm³/mol. The van der Waals surface area contributed by atoms with Crippen molar-refractivity contribution in [3.05, 3.63) is 71.8 Å². The first-order valence-corrected chi connectivity index (χ1v) is 8.02. The summed E-state index contributed by atoms with van der Waals surface area (Å²) in [6, 6.07) is 18.2. The van der Waals surface area contributed by atoms with Crippen LogP contribution in [0.1, 0.15) is 24.0 Å². The molecular formula is C21H23NO2. The van der Waals surface area contributed by atoms with Crippen LogP contribution < -0.4 is 0 Å². The van der Waals surface area contributed by atoms with Gasteiger partial charge < -0.3 is 5.11 Å². The molecule has 0 radical (unpaired) electrons. The van der Waals surface area contributed by atoms with E-state index in [-0.39, 0.29) is 12.2 Å². The highest BCUT2D eigenvalue weighted by Gasteiger charge is 2.38. The molecule has 1 N–H and O–H groups in total. The molecule has 0 aliphatic rings. The van der Waals surface area contributed by atoms with Gasteiger partial charge in [0.15, 0.2) is 11.4 Å². The number of nitrogens with zero attached hydrogens (tertiary/aromatic N) is 1. The topological polar surface area (TPSA) is 40.5 Å². The fraction of sp³-hybridized carbons (Fsp3) is 0.286. The third-order valence-electron chi connectivity index (χ3n) is 3.78. The summed E-state index contributed by atoms with van der Waals surface area (Å²) in [5, 5.41) is 11.3. The molecule has 0 spiro atoms. The van der Waals surface area contributed by atoms with E-state index in [9.17, 15) is 9.90 Å². The summed E-state index contributed by atoms with van der Waals surface area (Å²) < 4.78 is 0. The second-order valence-electron chi connectivity index (χ2n) is 5.96. The lowest BCUT2D eigenvalue weighted by Gasteiger charge is -2.27. The summed E-state index contributed by atoms with van der Waals surface area (Å²) in [7, 11) is 3.90. The van der Waals surface area contributed by atoms with Crippen molar-refractivity contribution in [2.75, 3.05) is 20.6 Å². The second kappa shape index (κ2) is 8.44. The highest BCUT2D eigenvalue weighted by molar-refractivity contribution is 5.92. The first-order valence-electron chi connectivity index (χ1n) is 8.02. The summed E-state index contributed by atoms with van der Waals surface area (Å²) in [5.74, 6) is 5.78. The summed E-state index contributed by atoms with van der Waals surface area (Å²) >= 11 is 0. The molecule has 0 aliphatic heterocycles. The van der Waals surface area contributed by atoms with E-state index < -0.39 is 5.60 Å². The van der Waals surface area contributed by atoms with Gasteiger partial charge >= 0.3 is 0 Å². The first kappa shape index (κ1) is 17.9. The van der Waals surface area contributed by atoms with Crippen molar-refractivity contribution >= 4 is 5.78 Å². The lowest BCUT2D eigenvalue weighted by Crippen LogP contribution is -2.36. The molecule has 124 valence electrons. The molecule has 2 aromatic rings. The van der Waals surface area contributed by atoms with Gasteiger partial charge in [0, 0.05) is 12.8 Å². The largest absolute Gasteiger partial charge is 0.373 e. The molecule has 0 bridgehead atoms. The Morgan fingerprint density at radius 1 is 0.958 bits per heavy atom. The van der Waals surface area contributed by atoms with Crippen LogP contribution in [0.4, 0.5) is 0 Å². The number of carbonyl (C=O) groups excluding carboxylic acids is 1. The maximum Gasteiger partial charge on any atom is 0.174 e. The third kappa shape index (κ3) is 4.32. The van der Waals surface area contributed by atoms with Crippen molar-refractivity contribution in [3.8, 4) is 11.8 Å². The van der Waals surface area contributed by atoms with Crippen molar-refractivity contribution < 1.29 is 9.90 Å². The smallest absolute Gasteiger partial charge is 0.174 e. The monoisotopic (exact) mass is 321 g/mol. The summed E-state index contributed by atoms with van der Waals surface area (Å²) in [6.45, 7) is 0.663. The van der Waals surface area contributed by atoms with Crippen LogP contribution in [-0.4, -0.2) is 36.4 Å². The molecule has 0 saturated heterocycles. The number of rotatable bonds is 6. The minimum atomic E-state index is -1.63. The van der Waals surface area contributed by atoms with Crippen LogP contribution in [0, 0.1) is 11.8 Å². The average molecular weight is 321 g/mol. The zero-order chi connectivity index (χ0) is 17.4. The minimum Gasteiger partial charge on any atom is -0.373 e. The third-order valence-corrected chi connectivity index (χ3v) is 3.78. The van der Waals surface area contributed by atoms with Gasteiger partial charge in [0.25, 0.3) is 0 Å². The zero-order valence-electron chi connectivity index (χ0n) is 14.2. The molecule has 0 fully saturated rings. The number of hydrogen-bond acceptors (Lipinski definition) is 3. The van der Waals surface area contributed by atoms with Crippen molar-refractivity contribution in [2.24, 2.45) is 0 Å². The molecule has 0 heterocycles. The lowest BCUT2D eigenvalue weighted by molar-refractivity contribution is -0.134. The molecule has 0 aliphatic carbocycles. The van der Waals surface area contributed by atoms with Gasteiger partial charge in [-0.05, 0) is 25.2 Å². The van der Waals surface area contributed by atoms with Gasteiger partial charge in [-0.1, -0.05) is 66.6 Å². The molecule has 0 aromatic heterocycles. The molecule has 3 heteroatoms. The lowest BCUT2D eigenvalue weighted by atomic mass is 9.81. The number of aliphatic hydroxyl groups is 1. The van der Waals surface area contributed by atoms with Crippen molar-refractivity contribution in [1.29, 1.82) is 0 Å². The Morgan fingerprint density at radius 2 is 1.46 bits per heavy atom. The number of ketones is 1. The van der Waals surface area contributed by atoms with Crippen molar-refractivity contribution in [3.63, 3.8) is 0 Å². The van der Waals surface area contributed by atoms with Crippen LogP contribution >= 0.6 is 0 Å². The van der Waals surface area contributed by atoms with Crippen LogP contribution in [0.15, 0.2) is 60.7 Å². The van der Waals surface area contributed by atoms with Gasteiger partial charge in [0.2, 0.25) is 0 Å². The maximum absolute atomic E-state index is 12.8. The highest BCUT2D eigenvalue weighted by atomic mass is 16.3. The average Bonchev–Trinajstić information content (AvgIpc) is 2.61. The van der Waals surface area contributed by atoms with Gasteiger partial charge in [-0.2, -0.15) is 0 Å². The van der Waals surface area contributed by atoms with Crippen LogP contribution in [-0.2, 0) is 10.4 Å². The number of carbonyl (C=O) groups is 1. The van der Waals surface area contributed by atoms with E-state index in [1.165, 1.54) is 0 Å². The number of benzene rings is 2. The zero-order valence-corrected chi connectivity index (χ0v) is 14.2. The SMILES string of the molecule is CN(C)CC#CCCC(=O)C(O)(c1ccccc1)c1ccccc1. The maximum atomic E-state index is 12.8. The molecule has 0 amide bonds. The Balaban J connectivity index is 2.23. The number of Topliss-reactive ketones (excluding diaryl/α,β-unsaturated/α-hetero) is 1. The molecule has 3 nitrogen and oxygen atoms in total. The molecule has 2 rings (SSSR count). The molecule has 24 heavy (non-hydrogen) atoms. The van der Waals surface area contributed by atoms with E-state index >= 15 is 0 Å². The van der Waals surface area contributed by atoms with Gasteiger partial charge in [-0.3, -0.25) is 9.69 Å². The summed E-state index contributed by atoms with van der Waals surface area (Å²) in [5.41, 5.74) is -0.462. The molecule has 2 aromatic carbocycles. The van der Waals surface area contributed by atoms with Crippen LogP contribution in [0.2, 0.25) is 0 Å². The van der Waals surface area contributed by atoms with Crippen LogP contribution in [0.5, 0.6) is 0 Å². The standard InChI is InChI=1S/C21H23NO2/c1-22(2)17-11-5-10-16-20(23)21(24,18-12-6-3-7-13-18)19-14-8-4-9-15-19/h3-4,6-9,12-15,24H,10,16-17H2,1-2H3. The highest BCUT2D eigenvalue weighted by Crippen LogP contribution is 2.31. The van der Waals surface area contributed by atoms with Crippen LogP contribution in [0.3, 0.4) is 0 Å². The summed E-state index contributed by atoms with van der Waals surface area (Å²) in [4.78, 5) is 14.8. The van der Waals surface area contributed by atoms with E-state index in [2.05, 4.69) is 11.8 Å². The van der Waals surface area contributed by atoms with Crippen molar-refractivity contribution in [2.45, 2.75) is 18.4 Å². The second-order valence-corrected chi connectivity index (χ2v) is 5.96. The summed E-state index contributed by atoms with van der Waals surface area (Å²) in [6.07, 6.45) is 0.648.